The van der Waals surface area contributed by atoms with Crippen molar-refractivity contribution >= 4 is 27.5 Å². The van der Waals surface area contributed by atoms with Gasteiger partial charge >= 0.3 is 0 Å². The number of benzene rings is 2. The van der Waals surface area contributed by atoms with Crippen LogP contribution in [0.2, 0.25) is 0 Å². The topological polar surface area (TPSA) is 4.93 Å². The van der Waals surface area contributed by atoms with Crippen molar-refractivity contribution in [1.29, 1.82) is 0 Å². The summed E-state index contributed by atoms with van der Waals surface area (Å²) in [6.07, 6.45) is 12.3. The third-order valence-electron chi connectivity index (χ3n) is 5.09. The van der Waals surface area contributed by atoms with Crippen LogP contribution in [0.15, 0.2) is 115 Å². The molecule has 0 unspecified atom stereocenters. The fourth-order valence-electron chi connectivity index (χ4n) is 3.23. The molecule has 0 spiro atoms. The molecule has 3 aromatic rings. The van der Waals surface area contributed by atoms with E-state index < -0.39 is 0 Å². The Morgan fingerprint density at radius 1 is 0.679 bits per heavy atom. The van der Waals surface area contributed by atoms with Crippen LogP contribution in [0.25, 0.3) is 27.5 Å². The predicted octanol–water partition coefficient (Wildman–Crippen LogP) is 7.85. The summed E-state index contributed by atoms with van der Waals surface area (Å²) in [5.41, 5.74) is 7.04. The van der Waals surface area contributed by atoms with E-state index in [1.54, 1.807) is 0 Å². The molecule has 0 atom stereocenters. The van der Waals surface area contributed by atoms with Gasteiger partial charge in [-0.15, -0.1) is 0 Å². The molecule has 2 aromatic carbocycles. The van der Waals surface area contributed by atoms with E-state index in [2.05, 4.69) is 104 Å². The van der Waals surface area contributed by atoms with Crippen LogP contribution in [0, 0.1) is 0 Å². The minimum Gasteiger partial charge on any atom is -0.309 e. The van der Waals surface area contributed by atoms with Crippen molar-refractivity contribution in [2.45, 2.75) is 20.8 Å². The number of hydrogen-bond acceptors (Lipinski definition) is 0. The second-order valence-electron chi connectivity index (χ2n) is 6.98. The summed E-state index contributed by atoms with van der Waals surface area (Å²) in [6, 6.07) is 17.0. The van der Waals surface area contributed by atoms with Gasteiger partial charge in [0.25, 0.3) is 0 Å². The van der Waals surface area contributed by atoms with E-state index in [-0.39, 0.29) is 0 Å². The van der Waals surface area contributed by atoms with Crippen molar-refractivity contribution in [2.75, 3.05) is 0 Å². The van der Waals surface area contributed by atoms with E-state index in [0.717, 1.165) is 11.3 Å². The fourth-order valence-corrected chi connectivity index (χ4v) is 3.23. The summed E-state index contributed by atoms with van der Waals surface area (Å²) in [5, 5.41) is 2.51. The monoisotopic (exact) mass is 365 g/mol. The lowest BCUT2D eigenvalue weighted by Crippen LogP contribution is -1.94. The molecule has 0 aliphatic carbocycles. The Kier molecular flexibility index (Phi) is 5.96. The third-order valence-corrected chi connectivity index (χ3v) is 5.09. The highest BCUT2D eigenvalue weighted by molar-refractivity contribution is 6.10. The van der Waals surface area contributed by atoms with Gasteiger partial charge < -0.3 is 4.57 Å². The lowest BCUT2D eigenvalue weighted by atomic mass is 10.1. The molecule has 0 amide bonds. The van der Waals surface area contributed by atoms with Crippen molar-refractivity contribution in [2.24, 2.45) is 0 Å². The van der Waals surface area contributed by atoms with E-state index in [4.69, 9.17) is 0 Å². The molecule has 0 radical (unpaired) electrons. The van der Waals surface area contributed by atoms with Gasteiger partial charge in [-0.2, -0.15) is 0 Å². The summed E-state index contributed by atoms with van der Waals surface area (Å²) < 4.78 is 2.28. The Labute approximate surface area is 168 Å². The standard InChI is InChI=1S/C27H27N/c1-6-20(3)16-17-21(4)22(5)18-19-23(7-2)28-26-14-10-8-12-24(26)25-13-9-11-15-27(25)28/h6-19H,1-2H2,3-5H3/b20-16-,21-17+,22-18+,23-19+. The minimum atomic E-state index is 1.06. The third kappa shape index (κ3) is 3.84. The van der Waals surface area contributed by atoms with Crippen molar-refractivity contribution in [3.8, 4) is 0 Å². The molecule has 1 heterocycles. The molecule has 1 nitrogen and oxygen atoms in total. The first kappa shape index (κ1) is 19.4. The Bertz CT molecular complexity index is 1110. The SMILES string of the molecule is C=C\C(C)=C/C=C(C)/C(C)=C/C=C(\C=C)n1c2ccccc2c2ccccc21. The van der Waals surface area contributed by atoms with E-state index in [1.165, 1.54) is 33.0 Å². The van der Waals surface area contributed by atoms with Gasteiger partial charge in [0.15, 0.2) is 0 Å². The second kappa shape index (κ2) is 8.58. The van der Waals surface area contributed by atoms with Crippen molar-refractivity contribution < 1.29 is 0 Å². The van der Waals surface area contributed by atoms with Gasteiger partial charge in [-0.1, -0.05) is 79.4 Å². The molecule has 1 heteroatoms. The van der Waals surface area contributed by atoms with E-state index >= 15 is 0 Å². The largest absolute Gasteiger partial charge is 0.309 e. The number of para-hydroxylation sites is 2. The summed E-state index contributed by atoms with van der Waals surface area (Å²) in [7, 11) is 0. The summed E-state index contributed by atoms with van der Waals surface area (Å²) >= 11 is 0. The average molecular weight is 366 g/mol. The van der Waals surface area contributed by atoms with Gasteiger partial charge in [-0.05, 0) is 56.2 Å². The maximum Gasteiger partial charge on any atom is 0.0541 e. The molecule has 0 bridgehead atoms. The summed E-state index contributed by atoms with van der Waals surface area (Å²) in [6.45, 7) is 14.2. The molecule has 0 aliphatic heterocycles. The van der Waals surface area contributed by atoms with Crippen molar-refractivity contribution in [3.05, 3.63) is 115 Å². The maximum atomic E-state index is 4.07. The molecule has 0 fully saturated rings. The summed E-state index contributed by atoms with van der Waals surface area (Å²) in [5.74, 6) is 0. The lowest BCUT2D eigenvalue weighted by molar-refractivity contribution is 1.24. The minimum absolute atomic E-state index is 1.06. The molecule has 0 aliphatic rings. The molecule has 0 N–H and O–H groups in total. The van der Waals surface area contributed by atoms with Crippen LogP contribution in [0.5, 0.6) is 0 Å². The van der Waals surface area contributed by atoms with Gasteiger partial charge in [0, 0.05) is 16.5 Å². The van der Waals surface area contributed by atoms with E-state index in [0.29, 0.717) is 0 Å². The smallest absolute Gasteiger partial charge is 0.0541 e. The molecule has 0 saturated heterocycles. The molecule has 28 heavy (non-hydrogen) atoms. The van der Waals surface area contributed by atoms with Crippen LogP contribution in [-0.2, 0) is 0 Å². The zero-order valence-electron chi connectivity index (χ0n) is 16.9. The Morgan fingerprint density at radius 2 is 1.18 bits per heavy atom. The molecular weight excluding hydrogens is 338 g/mol. The van der Waals surface area contributed by atoms with Crippen LogP contribution in [0.1, 0.15) is 20.8 Å². The van der Waals surface area contributed by atoms with Gasteiger partial charge in [0.05, 0.1) is 11.0 Å². The van der Waals surface area contributed by atoms with E-state index in [1.807, 2.05) is 19.1 Å². The highest BCUT2D eigenvalue weighted by Gasteiger charge is 2.10. The Balaban J connectivity index is 2.11. The predicted molar refractivity (Wildman–Crippen MR) is 125 cm³/mol. The number of aromatic nitrogens is 1. The fraction of sp³-hybridized carbons (Fsp3) is 0.111. The highest BCUT2D eigenvalue weighted by Crippen LogP contribution is 2.31. The van der Waals surface area contributed by atoms with Crippen LogP contribution < -0.4 is 0 Å². The van der Waals surface area contributed by atoms with Crippen LogP contribution in [0.4, 0.5) is 0 Å². The number of fused-ring (bicyclic) bond motifs is 3. The number of nitrogens with zero attached hydrogens (tertiary/aromatic N) is 1. The van der Waals surface area contributed by atoms with Gasteiger partial charge in [0.2, 0.25) is 0 Å². The molecular formula is C27H27N. The highest BCUT2D eigenvalue weighted by atomic mass is 15.0. The van der Waals surface area contributed by atoms with E-state index in [9.17, 15) is 0 Å². The van der Waals surface area contributed by atoms with Gasteiger partial charge in [-0.25, -0.2) is 0 Å². The van der Waals surface area contributed by atoms with Gasteiger partial charge in [0.1, 0.15) is 0 Å². The molecule has 3 rings (SSSR count). The maximum absolute atomic E-state index is 4.07. The Morgan fingerprint density at radius 3 is 1.68 bits per heavy atom. The van der Waals surface area contributed by atoms with Gasteiger partial charge in [-0.3, -0.25) is 0 Å². The number of allylic oxidation sites excluding steroid dienone is 10. The molecule has 0 saturated carbocycles. The average Bonchev–Trinajstić information content (AvgIpc) is 3.07. The quantitative estimate of drug-likeness (QED) is 0.392. The first-order valence-electron chi connectivity index (χ1n) is 9.54. The van der Waals surface area contributed by atoms with Crippen LogP contribution in [-0.4, -0.2) is 4.57 Å². The Hall–Kier alpha value is -3.32. The zero-order valence-corrected chi connectivity index (χ0v) is 16.9. The van der Waals surface area contributed by atoms with Crippen molar-refractivity contribution in [1.82, 2.24) is 4.57 Å². The zero-order chi connectivity index (χ0) is 20.1. The van der Waals surface area contributed by atoms with Crippen LogP contribution in [0.3, 0.4) is 0 Å². The second-order valence-corrected chi connectivity index (χ2v) is 6.98. The molecule has 1 aromatic heterocycles. The number of rotatable bonds is 6. The first-order valence-corrected chi connectivity index (χ1v) is 9.54. The number of hydrogen-bond donors (Lipinski definition) is 0. The van der Waals surface area contributed by atoms with Crippen molar-refractivity contribution in [3.63, 3.8) is 0 Å². The first-order chi connectivity index (χ1) is 13.6. The summed E-state index contributed by atoms with van der Waals surface area (Å²) in [4.78, 5) is 0. The normalized spacial score (nSPS) is 14.0. The van der Waals surface area contributed by atoms with Crippen LogP contribution >= 0.6 is 0 Å². The molecule has 140 valence electrons. The lowest BCUT2D eigenvalue weighted by Gasteiger charge is -2.08.